The van der Waals surface area contributed by atoms with E-state index in [-0.39, 0.29) is 17.4 Å². The van der Waals surface area contributed by atoms with Gasteiger partial charge in [0.05, 0.1) is 21.4 Å². The second-order valence-corrected chi connectivity index (χ2v) is 8.48. The molecule has 0 saturated carbocycles. The lowest BCUT2D eigenvalue weighted by Gasteiger charge is -2.14. The molecule has 0 fully saturated rings. The Morgan fingerprint density at radius 2 is 1.79 bits per heavy atom. The molecule has 0 bridgehead atoms. The van der Waals surface area contributed by atoms with Gasteiger partial charge in [-0.3, -0.25) is 14.4 Å². The Morgan fingerprint density at radius 1 is 1.00 bits per heavy atom. The summed E-state index contributed by atoms with van der Waals surface area (Å²) in [7, 11) is 0. The Bertz CT molecular complexity index is 1040. The molecule has 0 aliphatic rings. The molecule has 3 aromatic rings. The molecule has 6 nitrogen and oxygen atoms in total. The number of benzene rings is 2. The Hall–Kier alpha value is -3.10. The highest BCUT2D eigenvalue weighted by Gasteiger charge is 2.17. The summed E-state index contributed by atoms with van der Waals surface area (Å²) in [6.07, 6.45) is 0. The molecular formula is C21H19N3O3S2. The van der Waals surface area contributed by atoms with Gasteiger partial charge in [0.25, 0.3) is 11.8 Å². The van der Waals surface area contributed by atoms with Crippen molar-refractivity contribution in [2.45, 2.75) is 17.1 Å². The van der Waals surface area contributed by atoms with Crippen LogP contribution in [0.3, 0.4) is 0 Å². The summed E-state index contributed by atoms with van der Waals surface area (Å²) in [5, 5.41) is 7.02. The summed E-state index contributed by atoms with van der Waals surface area (Å²) < 4.78 is 0. The highest BCUT2D eigenvalue weighted by atomic mass is 32.2. The Morgan fingerprint density at radius 3 is 2.52 bits per heavy atom. The largest absolute Gasteiger partial charge is 0.366 e. The SMILES string of the molecule is CC(Sc1cccc(NC(=O)c2cccs2)c1)C(=O)Nc1ccccc1C(N)=O. The molecule has 29 heavy (non-hydrogen) atoms. The van der Waals surface area contributed by atoms with Gasteiger partial charge in [0.1, 0.15) is 0 Å². The molecule has 2 aromatic carbocycles. The number of primary amides is 1. The Balaban J connectivity index is 1.64. The lowest BCUT2D eigenvalue weighted by atomic mass is 10.1. The first-order valence-corrected chi connectivity index (χ1v) is 10.5. The zero-order valence-electron chi connectivity index (χ0n) is 15.5. The van der Waals surface area contributed by atoms with Gasteiger partial charge in [-0.05, 0) is 48.7 Å². The van der Waals surface area contributed by atoms with E-state index in [1.165, 1.54) is 23.1 Å². The predicted molar refractivity (Wildman–Crippen MR) is 118 cm³/mol. The van der Waals surface area contributed by atoms with Crippen LogP contribution in [0, 0.1) is 0 Å². The monoisotopic (exact) mass is 425 g/mol. The Kier molecular flexibility index (Phi) is 6.69. The number of amides is 3. The number of rotatable bonds is 7. The third-order valence-corrected chi connectivity index (χ3v) is 5.93. The van der Waals surface area contributed by atoms with Crippen LogP contribution in [0.2, 0.25) is 0 Å². The third kappa shape index (κ3) is 5.46. The quantitative estimate of drug-likeness (QED) is 0.493. The van der Waals surface area contributed by atoms with Crippen LogP contribution in [-0.4, -0.2) is 23.0 Å². The van der Waals surface area contributed by atoms with E-state index < -0.39 is 11.2 Å². The van der Waals surface area contributed by atoms with Crippen LogP contribution in [-0.2, 0) is 4.79 Å². The summed E-state index contributed by atoms with van der Waals surface area (Å²) in [6, 6.07) is 17.5. The molecular weight excluding hydrogens is 406 g/mol. The van der Waals surface area contributed by atoms with E-state index in [0.29, 0.717) is 16.3 Å². The number of nitrogens with two attached hydrogens (primary N) is 1. The van der Waals surface area contributed by atoms with E-state index in [0.717, 1.165) is 4.90 Å². The summed E-state index contributed by atoms with van der Waals surface area (Å²) in [4.78, 5) is 37.7. The molecule has 0 aliphatic heterocycles. The smallest absolute Gasteiger partial charge is 0.265 e. The van der Waals surface area contributed by atoms with E-state index in [4.69, 9.17) is 5.73 Å². The van der Waals surface area contributed by atoms with Gasteiger partial charge < -0.3 is 16.4 Å². The molecule has 3 amide bonds. The van der Waals surface area contributed by atoms with Gasteiger partial charge in [0.2, 0.25) is 5.91 Å². The maximum absolute atomic E-state index is 12.6. The molecule has 148 valence electrons. The fourth-order valence-corrected chi connectivity index (χ4v) is 4.09. The van der Waals surface area contributed by atoms with Crippen LogP contribution >= 0.6 is 23.1 Å². The first kappa shape index (κ1) is 20.6. The van der Waals surface area contributed by atoms with Crippen molar-refractivity contribution in [1.29, 1.82) is 0 Å². The zero-order chi connectivity index (χ0) is 20.8. The average Bonchev–Trinajstić information content (AvgIpc) is 3.23. The van der Waals surface area contributed by atoms with E-state index in [2.05, 4.69) is 10.6 Å². The van der Waals surface area contributed by atoms with E-state index in [9.17, 15) is 14.4 Å². The minimum Gasteiger partial charge on any atom is -0.366 e. The van der Waals surface area contributed by atoms with Gasteiger partial charge >= 0.3 is 0 Å². The number of carbonyl (C=O) groups excluding carboxylic acids is 3. The van der Waals surface area contributed by atoms with Gasteiger partial charge in [0.15, 0.2) is 0 Å². The van der Waals surface area contributed by atoms with Crippen molar-refractivity contribution < 1.29 is 14.4 Å². The predicted octanol–water partition coefficient (Wildman–Crippen LogP) is 4.22. The normalized spacial score (nSPS) is 11.5. The number of thiophene rings is 1. The summed E-state index contributed by atoms with van der Waals surface area (Å²) in [5.74, 6) is -1.02. The summed E-state index contributed by atoms with van der Waals surface area (Å²) in [6.45, 7) is 1.77. The minimum atomic E-state index is -0.601. The third-order valence-electron chi connectivity index (χ3n) is 3.97. The molecule has 0 saturated heterocycles. The molecule has 3 rings (SSSR count). The zero-order valence-corrected chi connectivity index (χ0v) is 17.2. The molecule has 0 radical (unpaired) electrons. The lowest BCUT2D eigenvalue weighted by Crippen LogP contribution is -2.24. The molecule has 1 heterocycles. The molecule has 8 heteroatoms. The average molecular weight is 426 g/mol. The standard InChI is InChI=1S/C21H19N3O3S2/c1-13(20(26)24-17-9-3-2-8-16(17)19(22)25)29-15-7-4-6-14(12-15)23-21(27)18-10-5-11-28-18/h2-13H,1H3,(H2,22,25)(H,23,27)(H,24,26). The number of hydrogen-bond donors (Lipinski definition) is 3. The highest BCUT2D eigenvalue weighted by molar-refractivity contribution is 8.00. The fraction of sp³-hybridized carbons (Fsp3) is 0.0952. The summed E-state index contributed by atoms with van der Waals surface area (Å²) in [5.41, 5.74) is 6.65. The number of thioether (sulfide) groups is 1. The maximum atomic E-state index is 12.6. The van der Waals surface area contributed by atoms with Gasteiger partial charge in [0, 0.05) is 10.6 Å². The van der Waals surface area contributed by atoms with Crippen LogP contribution in [0.15, 0.2) is 70.9 Å². The number of anilines is 2. The summed E-state index contributed by atoms with van der Waals surface area (Å²) >= 11 is 2.72. The van der Waals surface area contributed by atoms with Crippen LogP contribution in [0.4, 0.5) is 11.4 Å². The fourth-order valence-electron chi connectivity index (χ4n) is 2.55. The molecule has 1 atom stereocenters. The molecule has 0 aliphatic carbocycles. The van der Waals surface area contributed by atoms with Gasteiger partial charge in [-0.25, -0.2) is 0 Å². The van der Waals surface area contributed by atoms with Gasteiger partial charge in [-0.2, -0.15) is 0 Å². The van der Waals surface area contributed by atoms with Crippen molar-refractivity contribution in [3.8, 4) is 0 Å². The molecule has 4 N–H and O–H groups in total. The number of hydrogen-bond acceptors (Lipinski definition) is 5. The first-order chi connectivity index (χ1) is 13.9. The van der Waals surface area contributed by atoms with Crippen molar-refractivity contribution in [3.63, 3.8) is 0 Å². The van der Waals surface area contributed by atoms with Crippen molar-refractivity contribution >= 4 is 52.2 Å². The van der Waals surface area contributed by atoms with Crippen LogP contribution in [0.5, 0.6) is 0 Å². The van der Waals surface area contributed by atoms with E-state index >= 15 is 0 Å². The topological polar surface area (TPSA) is 101 Å². The molecule has 0 spiro atoms. The van der Waals surface area contributed by atoms with Crippen molar-refractivity contribution in [2.24, 2.45) is 5.73 Å². The number of carbonyl (C=O) groups is 3. The van der Waals surface area contributed by atoms with Crippen LogP contribution < -0.4 is 16.4 Å². The highest BCUT2D eigenvalue weighted by Crippen LogP contribution is 2.27. The number of para-hydroxylation sites is 1. The van der Waals surface area contributed by atoms with Crippen molar-refractivity contribution in [3.05, 3.63) is 76.5 Å². The Labute approximate surface area is 176 Å². The van der Waals surface area contributed by atoms with Crippen molar-refractivity contribution in [2.75, 3.05) is 10.6 Å². The van der Waals surface area contributed by atoms with Gasteiger partial charge in [-0.1, -0.05) is 24.3 Å². The molecule has 1 unspecified atom stereocenters. The molecule has 1 aromatic heterocycles. The second kappa shape index (κ2) is 9.40. The van der Waals surface area contributed by atoms with E-state index in [1.807, 2.05) is 29.6 Å². The van der Waals surface area contributed by atoms with Crippen LogP contribution in [0.25, 0.3) is 0 Å². The first-order valence-electron chi connectivity index (χ1n) is 8.75. The van der Waals surface area contributed by atoms with Gasteiger partial charge in [-0.15, -0.1) is 23.1 Å². The van der Waals surface area contributed by atoms with Crippen molar-refractivity contribution in [1.82, 2.24) is 0 Å². The van der Waals surface area contributed by atoms with E-state index in [1.54, 1.807) is 43.3 Å². The maximum Gasteiger partial charge on any atom is 0.265 e. The minimum absolute atomic E-state index is 0.170. The van der Waals surface area contributed by atoms with Crippen LogP contribution in [0.1, 0.15) is 27.0 Å². The number of nitrogens with one attached hydrogen (secondary N) is 2. The second-order valence-electron chi connectivity index (χ2n) is 6.12. The lowest BCUT2D eigenvalue weighted by molar-refractivity contribution is -0.115.